The summed E-state index contributed by atoms with van der Waals surface area (Å²) >= 11 is 0. The van der Waals surface area contributed by atoms with Crippen LogP contribution in [0.3, 0.4) is 0 Å². The molecule has 0 fully saturated rings. The molecule has 12 nitrogen and oxygen atoms in total. The van der Waals surface area contributed by atoms with Crippen molar-refractivity contribution in [2.24, 2.45) is 0 Å². The zero-order chi connectivity index (χ0) is 23.6. The van der Waals surface area contributed by atoms with Crippen molar-refractivity contribution in [1.29, 1.82) is 0 Å². The Morgan fingerprint density at radius 3 is 1.77 bits per heavy atom. The second-order valence-electron chi connectivity index (χ2n) is 7.32. The molecule has 0 bridgehead atoms. The van der Waals surface area contributed by atoms with Crippen LogP contribution in [0.15, 0.2) is 0 Å². The molecule has 0 saturated heterocycles. The Morgan fingerprint density at radius 2 is 1.33 bits per heavy atom. The summed E-state index contributed by atoms with van der Waals surface area (Å²) in [5.74, 6) is -4.76. The summed E-state index contributed by atoms with van der Waals surface area (Å²) in [6, 6.07) is 0. The molecule has 4 atom stereocenters. The molecule has 0 saturated carbocycles. The average Bonchev–Trinajstić information content (AvgIpc) is 2.58. The number of alkyl carbamates (subject to hydrolysis) is 1. The number of carbonyl (C=O) groups excluding carboxylic acids is 4. The van der Waals surface area contributed by atoms with Crippen LogP contribution in [-0.2, 0) is 38.1 Å². The number of aliphatic hydroxyl groups is 1. The summed E-state index contributed by atoms with van der Waals surface area (Å²) in [6.45, 7) is 8.27. The van der Waals surface area contributed by atoms with Gasteiger partial charge in [-0.15, -0.1) is 0 Å². The van der Waals surface area contributed by atoms with Crippen LogP contribution in [0.2, 0.25) is 0 Å². The van der Waals surface area contributed by atoms with E-state index in [2.05, 4.69) is 10.1 Å². The lowest BCUT2D eigenvalue weighted by Gasteiger charge is -2.21. The summed E-state index contributed by atoms with van der Waals surface area (Å²) in [5, 5.41) is 20.5. The summed E-state index contributed by atoms with van der Waals surface area (Å²) in [7, 11) is 0. The molecule has 30 heavy (non-hydrogen) atoms. The predicted octanol–water partition coefficient (Wildman–Crippen LogP) is 0.142. The zero-order valence-electron chi connectivity index (χ0n) is 17.8. The Bertz CT molecular complexity index is 639. The van der Waals surface area contributed by atoms with Gasteiger partial charge >= 0.3 is 30.0 Å². The van der Waals surface area contributed by atoms with Crippen molar-refractivity contribution < 1.29 is 53.1 Å². The number of carboxylic acid groups (broad SMARTS) is 1. The van der Waals surface area contributed by atoms with Crippen LogP contribution in [0.25, 0.3) is 0 Å². The number of rotatable bonds is 10. The smallest absolute Gasteiger partial charge is 0.407 e. The molecule has 0 unspecified atom stereocenters. The number of hydrogen-bond acceptors (Lipinski definition) is 10. The number of nitrogens with one attached hydrogen (secondary N) is 1. The van der Waals surface area contributed by atoms with Gasteiger partial charge in [0.25, 0.3) is 0 Å². The average molecular weight is 435 g/mol. The van der Waals surface area contributed by atoms with Gasteiger partial charge in [0.1, 0.15) is 11.7 Å². The maximum absolute atomic E-state index is 12.0. The molecular weight excluding hydrogens is 406 g/mol. The Balaban J connectivity index is 4.62. The van der Waals surface area contributed by atoms with Gasteiger partial charge in [0.05, 0.1) is 0 Å². The van der Waals surface area contributed by atoms with Gasteiger partial charge in [-0.05, 0) is 41.5 Å². The normalized spacial score (nSPS) is 15.0. The number of ether oxygens (including phenoxy) is 4. The molecule has 0 aliphatic heterocycles. The largest absolute Gasteiger partial charge is 0.479 e. The third-order valence-electron chi connectivity index (χ3n) is 3.20. The van der Waals surface area contributed by atoms with Crippen LogP contribution in [-0.4, -0.2) is 76.7 Å². The molecule has 0 aromatic carbocycles. The Kier molecular flexibility index (Phi) is 10.8. The number of esters is 3. The van der Waals surface area contributed by atoms with Crippen molar-refractivity contribution in [3.8, 4) is 0 Å². The van der Waals surface area contributed by atoms with E-state index in [9.17, 15) is 24.0 Å². The second kappa shape index (κ2) is 12.0. The van der Waals surface area contributed by atoms with Gasteiger partial charge in [-0.1, -0.05) is 0 Å². The molecule has 12 heteroatoms. The van der Waals surface area contributed by atoms with Crippen LogP contribution in [0.1, 0.15) is 48.0 Å². The van der Waals surface area contributed by atoms with Gasteiger partial charge in [0, 0.05) is 13.0 Å². The highest BCUT2D eigenvalue weighted by Gasteiger charge is 2.30. The lowest BCUT2D eigenvalue weighted by molar-refractivity contribution is -0.183. The zero-order valence-corrected chi connectivity index (χ0v) is 17.8. The molecular formula is C18H29NO11. The fourth-order valence-corrected chi connectivity index (χ4v) is 1.73. The van der Waals surface area contributed by atoms with Crippen LogP contribution < -0.4 is 5.32 Å². The van der Waals surface area contributed by atoms with Crippen LogP contribution in [0.5, 0.6) is 0 Å². The quantitative estimate of drug-likeness (QED) is 0.314. The van der Waals surface area contributed by atoms with Crippen molar-refractivity contribution in [1.82, 2.24) is 5.32 Å². The van der Waals surface area contributed by atoms with Gasteiger partial charge in [-0.3, -0.25) is 0 Å². The molecule has 0 spiro atoms. The number of aliphatic carboxylic acids is 1. The van der Waals surface area contributed by atoms with Gasteiger partial charge in [0.2, 0.25) is 6.10 Å². The minimum atomic E-state index is -1.61. The summed E-state index contributed by atoms with van der Waals surface area (Å²) < 4.78 is 19.2. The minimum absolute atomic E-state index is 0.153. The number of aliphatic hydroxyl groups excluding tert-OH is 1. The third kappa shape index (κ3) is 11.2. The SMILES string of the molecule is C[C@H](O)C(=O)O[C@@H](C)C(=O)O[C@@H](C)C(=O)O[C@@H](CCNC(=O)OC(C)(C)C)C(=O)O. The molecule has 0 radical (unpaired) electrons. The first-order valence-electron chi connectivity index (χ1n) is 9.13. The van der Waals surface area contributed by atoms with E-state index in [1.165, 1.54) is 6.92 Å². The van der Waals surface area contributed by atoms with Gasteiger partial charge in [0.15, 0.2) is 12.2 Å². The first-order valence-corrected chi connectivity index (χ1v) is 9.13. The standard InChI is InChI=1S/C18H29NO11/c1-9(20)14(23)27-10(2)15(24)28-11(3)16(25)29-12(13(21)22)7-8-19-17(26)30-18(4,5)6/h9-12,20H,7-8H2,1-6H3,(H,19,26)(H,21,22)/t9-,10-,11-,12-/m0/s1. The van der Waals surface area contributed by atoms with Crippen molar-refractivity contribution in [3.63, 3.8) is 0 Å². The fourth-order valence-electron chi connectivity index (χ4n) is 1.73. The molecule has 3 N–H and O–H groups in total. The maximum atomic E-state index is 12.0. The fraction of sp³-hybridized carbons (Fsp3) is 0.722. The van der Waals surface area contributed by atoms with Crippen LogP contribution >= 0.6 is 0 Å². The van der Waals surface area contributed by atoms with E-state index < -0.39 is 60.0 Å². The number of carboxylic acids is 1. The summed E-state index contributed by atoms with van der Waals surface area (Å²) in [6.07, 6.45) is -6.99. The first kappa shape index (κ1) is 27.1. The molecule has 0 heterocycles. The van der Waals surface area contributed by atoms with E-state index in [-0.39, 0.29) is 13.0 Å². The van der Waals surface area contributed by atoms with E-state index in [1.807, 2.05) is 0 Å². The molecule has 1 amide bonds. The second-order valence-corrected chi connectivity index (χ2v) is 7.32. The first-order chi connectivity index (χ1) is 13.6. The lowest BCUT2D eigenvalue weighted by atomic mass is 10.2. The van der Waals surface area contributed by atoms with Gasteiger partial charge in [-0.25, -0.2) is 24.0 Å². The summed E-state index contributed by atoms with van der Waals surface area (Å²) in [4.78, 5) is 57.9. The van der Waals surface area contributed by atoms with Crippen LogP contribution in [0, 0.1) is 0 Å². The molecule has 0 aliphatic carbocycles. The monoisotopic (exact) mass is 435 g/mol. The van der Waals surface area contributed by atoms with Crippen molar-refractivity contribution in [2.75, 3.05) is 6.54 Å². The lowest BCUT2D eigenvalue weighted by Crippen LogP contribution is -2.39. The predicted molar refractivity (Wildman–Crippen MR) is 99.2 cm³/mol. The molecule has 172 valence electrons. The van der Waals surface area contributed by atoms with Crippen molar-refractivity contribution >= 4 is 30.0 Å². The van der Waals surface area contributed by atoms with E-state index >= 15 is 0 Å². The van der Waals surface area contributed by atoms with Crippen LogP contribution in [0.4, 0.5) is 4.79 Å². The Morgan fingerprint density at radius 1 is 0.867 bits per heavy atom. The number of amides is 1. The van der Waals surface area contributed by atoms with Gasteiger partial charge < -0.3 is 34.5 Å². The third-order valence-corrected chi connectivity index (χ3v) is 3.20. The molecule has 0 aromatic rings. The summed E-state index contributed by atoms with van der Waals surface area (Å²) in [5.41, 5.74) is -0.733. The van der Waals surface area contributed by atoms with E-state index in [4.69, 9.17) is 24.4 Å². The molecule has 0 rings (SSSR count). The molecule has 0 aromatic heterocycles. The van der Waals surface area contributed by atoms with Crippen molar-refractivity contribution in [2.45, 2.75) is 78.0 Å². The topological polar surface area (TPSA) is 175 Å². The van der Waals surface area contributed by atoms with E-state index in [0.717, 1.165) is 13.8 Å². The number of hydrogen-bond donors (Lipinski definition) is 3. The maximum Gasteiger partial charge on any atom is 0.407 e. The highest BCUT2D eigenvalue weighted by molar-refractivity contribution is 5.84. The molecule has 0 aliphatic rings. The highest BCUT2D eigenvalue weighted by Crippen LogP contribution is 2.08. The Hall–Kier alpha value is -2.89. The van der Waals surface area contributed by atoms with E-state index in [1.54, 1.807) is 20.8 Å². The van der Waals surface area contributed by atoms with Crippen molar-refractivity contribution in [3.05, 3.63) is 0 Å². The number of carbonyl (C=O) groups is 5. The highest BCUT2D eigenvalue weighted by atomic mass is 16.6. The van der Waals surface area contributed by atoms with E-state index in [0.29, 0.717) is 0 Å². The Labute approximate surface area is 173 Å². The van der Waals surface area contributed by atoms with Gasteiger partial charge in [-0.2, -0.15) is 0 Å². The minimum Gasteiger partial charge on any atom is -0.479 e.